The molecule has 0 atom stereocenters. The molecule has 1 fully saturated rings. The van der Waals surface area contributed by atoms with Gasteiger partial charge in [0.05, 0.1) is 6.54 Å². The lowest BCUT2D eigenvalue weighted by atomic mass is 10.2. The summed E-state index contributed by atoms with van der Waals surface area (Å²) in [6.07, 6.45) is 0. The first-order valence-corrected chi connectivity index (χ1v) is 6.32. The molecule has 0 bridgehead atoms. The highest BCUT2D eigenvalue weighted by Gasteiger charge is 2.43. The number of halogens is 2. The average Bonchev–Trinajstić information content (AvgIpc) is 2.56. The van der Waals surface area contributed by atoms with Crippen LogP contribution in [0.3, 0.4) is 0 Å². The van der Waals surface area contributed by atoms with Gasteiger partial charge in [-0.2, -0.15) is 0 Å². The zero-order valence-corrected chi connectivity index (χ0v) is 11.5. The molecule has 19 heavy (non-hydrogen) atoms. The van der Waals surface area contributed by atoms with Crippen LogP contribution < -0.4 is 0 Å². The summed E-state index contributed by atoms with van der Waals surface area (Å²) in [5, 5.41) is 0.801. The molecule has 0 aliphatic carbocycles. The minimum atomic E-state index is -0.835. The number of hydrogen-bond acceptors (Lipinski definition) is 3. The molecule has 1 aromatic carbocycles. The Morgan fingerprint density at radius 3 is 2.21 bits per heavy atom. The average molecular weight is 301 g/mol. The zero-order valence-electron chi connectivity index (χ0n) is 10.0. The first-order valence-electron chi connectivity index (χ1n) is 5.57. The highest BCUT2D eigenvalue weighted by molar-refractivity contribution is 6.44. The van der Waals surface area contributed by atoms with E-state index in [2.05, 4.69) is 0 Å². The maximum atomic E-state index is 11.9. The van der Waals surface area contributed by atoms with Crippen LogP contribution in [0.4, 0.5) is 4.79 Å². The van der Waals surface area contributed by atoms with Crippen LogP contribution in [-0.2, 0) is 16.1 Å². The number of carbonyl (C=O) groups excluding carboxylic acids is 3. The molecule has 1 aromatic rings. The first kappa shape index (κ1) is 13.8. The fourth-order valence-corrected chi connectivity index (χ4v) is 2.26. The van der Waals surface area contributed by atoms with Crippen LogP contribution in [0.5, 0.6) is 0 Å². The lowest BCUT2D eigenvalue weighted by Crippen LogP contribution is -2.32. The Morgan fingerprint density at radius 2 is 1.68 bits per heavy atom. The number of benzene rings is 1. The highest BCUT2D eigenvalue weighted by Crippen LogP contribution is 2.24. The standard InChI is InChI=1S/C12H10Cl2N2O3/c1-2-15-10(17)11(18)16(12(15)19)6-7-3-4-8(13)5-9(7)14/h3-5H,2,6H2,1H3. The summed E-state index contributed by atoms with van der Waals surface area (Å²) in [6, 6.07) is 4.11. The second-order valence-corrected chi connectivity index (χ2v) is 4.80. The maximum absolute atomic E-state index is 11.9. The summed E-state index contributed by atoms with van der Waals surface area (Å²) in [5.41, 5.74) is 0.554. The molecule has 1 heterocycles. The molecule has 4 amide bonds. The Bertz CT molecular complexity index is 574. The number of carbonyl (C=O) groups is 3. The number of imide groups is 2. The van der Waals surface area contributed by atoms with Gasteiger partial charge in [-0.15, -0.1) is 0 Å². The molecule has 0 spiro atoms. The Balaban J connectivity index is 2.26. The van der Waals surface area contributed by atoms with Gasteiger partial charge in [0.25, 0.3) is 0 Å². The third-order valence-corrected chi connectivity index (χ3v) is 3.38. The quantitative estimate of drug-likeness (QED) is 0.636. The molecule has 100 valence electrons. The van der Waals surface area contributed by atoms with Crippen LogP contribution in [0.25, 0.3) is 0 Å². The lowest BCUT2D eigenvalue weighted by Gasteiger charge is -2.15. The van der Waals surface area contributed by atoms with Crippen molar-refractivity contribution in [1.82, 2.24) is 9.80 Å². The van der Waals surface area contributed by atoms with Crippen molar-refractivity contribution in [3.63, 3.8) is 0 Å². The van der Waals surface area contributed by atoms with Crippen molar-refractivity contribution < 1.29 is 14.4 Å². The second kappa shape index (κ2) is 5.19. The Kier molecular flexibility index (Phi) is 3.78. The first-order chi connectivity index (χ1) is 8.95. The van der Waals surface area contributed by atoms with Crippen LogP contribution in [0.1, 0.15) is 12.5 Å². The molecule has 5 nitrogen and oxygen atoms in total. The van der Waals surface area contributed by atoms with Gasteiger partial charge < -0.3 is 0 Å². The van der Waals surface area contributed by atoms with E-state index in [1.54, 1.807) is 19.1 Å². The van der Waals surface area contributed by atoms with Crippen molar-refractivity contribution in [3.05, 3.63) is 33.8 Å². The summed E-state index contributed by atoms with van der Waals surface area (Å²) in [7, 11) is 0. The number of likely N-dealkylation sites (N-methyl/N-ethyl adjacent to an activating group) is 1. The number of nitrogens with zero attached hydrogens (tertiary/aromatic N) is 2. The van der Waals surface area contributed by atoms with E-state index in [-0.39, 0.29) is 13.1 Å². The van der Waals surface area contributed by atoms with Crippen molar-refractivity contribution >= 4 is 41.0 Å². The van der Waals surface area contributed by atoms with E-state index in [0.29, 0.717) is 15.6 Å². The van der Waals surface area contributed by atoms with Crippen molar-refractivity contribution in [2.24, 2.45) is 0 Å². The molecular weight excluding hydrogens is 291 g/mol. The van der Waals surface area contributed by atoms with Gasteiger partial charge in [-0.05, 0) is 24.6 Å². The molecule has 1 aliphatic rings. The molecule has 0 saturated carbocycles. The summed E-state index contributed by atoms with van der Waals surface area (Å²) < 4.78 is 0. The summed E-state index contributed by atoms with van der Waals surface area (Å²) >= 11 is 11.7. The van der Waals surface area contributed by atoms with E-state index in [1.807, 2.05) is 0 Å². The molecule has 7 heteroatoms. The maximum Gasteiger partial charge on any atom is 0.334 e. The van der Waals surface area contributed by atoms with Gasteiger partial charge >= 0.3 is 17.8 Å². The number of urea groups is 1. The zero-order chi connectivity index (χ0) is 14.2. The van der Waals surface area contributed by atoms with Crippen molar-refractivity contribution in [3.8, 4) is 0 Å². The molecule has 1 saturated heterocycles. The summed E-state index contributed by atoms with van der Waals surface area (Å²) in [6.45, 7) is 1.74. The van der Waals surface area contributed by atoms with Gasteiger partial charge in [0.2, 0.25) is 0 Å². The number of amides is 4. The van der Waals surface area contributed by atoms with Crippen molar-refractivity contribution in [2.45, 2.75) is 13.5 Å². The van der Waals surface area contributed by atoms with Crippen molar-refractivity contribution in [2.75, 3.05) is 6.54 Å². The minimum absolute atomic E-state index is 0.0457. The topological polar surface area (TPSA) is 57.7 Å². The molecule has 0 radical (unpaired) electrons. The molecule has 0 unspecified atom stereocenters. The van der Waals surface area contributed by atoms with Crippen LogP contribution in [0, 0.1) is 0 Å². The smallest absolute Gasteiger partial charge is 0.263 e. The summed E-state index contributed by atoms with van der Waals surface area (Å²) in [5.74, 6) is -1.64. The predicted octanol–water partition coefficient (Wildman–Crippen LogP) is 2.30. The van der Waals surface area contributed by atoms with E-state index in [4.69, 9.17) is 23.2 Å². The van der Waals surface area contributed by atoms with E-state index < -0.39 is 17.8 Å². The number of hydrogen-bond donors (Lipinski definition) is 0. The molecule has 1 aliphatic heterocycles. The molecular formula is C12H10Cl2N2O3. The van der Waals surface area contributed by atoms with Crippen molar-refractivity contribution in [1.29, 1.82) is 0 Å². The Morgan fingerprint density at radius 1 is 1.05 bits per heavy atom. The summed E-state index contributed by atoms with van der Waals surface area (Å²) in [4.78, 5) is 36.9. The van der Waals surface area contributed by atoms with Gasteiger partial charge in [-0.3, -0.25) is 19.4 Å². The van der Waals surface area contributed by atoms with Gasteiger partial charge in [0.1, 0.15) is 0 Å². The van der Waals surface area contributed by atoms with Crippen LogP contribution >= 0.6 is 23.2 Å². The second-order valence-electron chi connectivity index (χ2n) is 3.96. The lowest BCUT2D eigenvalue weighted by molar-refractivity contribution is -0.143. The molecule has 0 N–H and O–H groups in total. The molecule has 2 rings (SSSR count). The SMILES string of the molecule is CCN1C(=O)C(=O)N(Cc2ccc(Cl)cc2Cl)C1=O. The van der Waals surface area contributed by atoms with Crippen LogP contribution in [0.15, 0.2) is 18.2 Å². The highest BCUT2D eigenvalue weighted by atomic mass is 35.5. The van der Waals surface area contributed by atoms with Crippen LogP contribution in [0.2, 0.25) is 10.0 Å². The minimum Gasteiger partial charge on any atom is -0.263 e. The fraction of sp³-hybridized carbons (Fsp3) is 0.250. The predicted molar refractivity (Wildman–Crippen MR) is 69.8 cm³/mol. The van der Waals surface area contributed by atoms with Gasteiger partial charge in [-0.1, -0.05) is 29.3 Å². The van der Waals surface area contributed by atoms with Crippen LogP contribution in [-0.4, -0.2) is 34.2 Å². The monoisotopic (exact) mass is 300 g/mol. The van der Waals surface area contributed by atoms with Gasteiger partial charge in [0.15, 0.2) is 0 Å². The Labute approximate surface area is 119 Å². The van der Waals surface area contributed by atoms with E-state index in [1.165, 1.54) is 6.07 Å². The molecule has 0 aromatic heterocycles. The van der Waals surface area contributed by atoms with Gasteiger partial charge in [-0.25, -0.2) is 4.79 Å². The van der Waals surface area contributed by atoms with E-state index in [9.17, 15) is 14.4 Å². The fourth-order valence-electron chi connectivity index (χ4n) is 1.79. The third-order valence-electron chi connectivity index (χ3n) is 2.79. The Hall–Kier alpha value is -1.59. The number of rotatable bonds is 3. The van der Waals surface area contributed by atoms with E-state index in [0.717, 1.165) is 9.80 Å². The third kappa shape index (κ3) is 2.43. The van der Waals surface area contributed by atoms with Gasteiger partial charge in [0, 0.05) is 16.6 Å². The van der Waals surface area contributed by atoms with E-state index >= 15 is 0 Å². The normalized spacial score (nSPS) is 15.6. The largest absolute Gasteiger partial charge is 0.334 e.